The summed E-state index contributed by atoms with van der Waals surface area (Å²) in [4.78, 5) is 24.7. The minimum Gasteiger partial charge on any atom is -0.480 e. The number of amides is 1. The van der Waals surface area contributed by atoms with E-state index in [1.807, 2.05) is 6.92 Å². The smallest absolute Gasteiger partial charge is 0.323 e. The summed E-state index contributed by atoms with van der Waals surface area (Å²) in [5.41, 5.74) is 1.00. The number of carboxylic acid groups (broad SMARTS) is 1. The molecule has 1 aromatic heterocycles. The molecular weight excluding hydrogens is 289 g/mol. The van der Waals surface area contributed by atoms with Crippen molar-refractivity contribution in [1.29, 1.82) is 0 Å². The van der Waals surface area contributed by atoms with Crippen LogP contribution in [0.2, 0.25) is 0 Å². The van der Waals surface area contributed by atoms with Crippen LogP contribution < -0.4 is 0 Å². The lowest BCUT2D eigenvalue weighted by atomic mass is 10.1. The third-order valence-corrected chi connectivity index (χ3v) is 3.20. The molecule has 0 bridgehead atoms. The number of aliphatic carboxylic acids is 1. The molecule has 116 valence electrons. The van der Waals surface area contributed by atoms with Crippen LogP contribution in [0, 0.1) is 5.82 Å². The van der Waals surface area contributed by atoms with Crippen molar-refractivity contribution >= 4 is 11.9 Å². The van der Waals surface area contributed by atoms with E-state index in [1.165, 1.54) is 41.5 Å². The Morgan fingerprint density at radius 3 is 2.50 bits per heavy atom. The van der Waals surface area contributed by atoms with Crippen LogP contribution in [-0.4, -0.2) is 28.4 Å². The van der Waals surface area contributed by atoms with Crippen molar-refractivity contribution in [2.45, 2.75) is 19.9 Å². The molecule has 22 heavy (non-hydrogen) atoms. The van der Waals surface area contributed by atoms with Crippen molar-refractivity contribution in [3.05, 3.63) is 59.3 Å². The normalized spacial score (nSPS) is 10.5. The Morgan fingerprint density at radius 1 is 1.23 bits per heavy atom. The maximum atomic E-state index is 12.9. The van der Waals surface area contributed by atoms with Crippen molar-refractivity contribution in [1.82, 2.24) is 4.90 Å². The maximum Gasteiger partial charge on any atom is 0.323 e. The van der Waals surface area contributed by atoms with Crippen molar-refractivity contribution in [2.75, 3.05) is 6.54 Å². The van der Waals surface area contributed by atoms with Gasteiger partial charge in [0.25, 0.3) is 5.91 Å². The average molecular weight is 305 g/mol. The number of nitrogens with zero attached hydrogens (tertiary/aromatic N) is 1. The summed E-state index contributed by atoms with van der Waals surface area (Å²) in [5, 5.41) is 9.00. The molecule has 0 saturated heterocycles. The van der Waals surface area contributed by atoms with Crippen LogP contribution in [0.3, 0.4) is 0 Å². The number of carbonyl (C=O) groups is 2. The number of furan rings is 1. The van der Waals surface area contributed by atoms with E-state index in [-0.39, 0.29) is 12.4 Å². The van der Waals surface area contributed by atoms with Gasteiger partial charge in [0.2, 0.25) is 0 Å². The summed E-state index contributed by atoms with van der Waals surface area (Å²) in [7, 11) is 0. The first kappa shape index (κ1) is 15.8. The first-order valence-electron chi connectivity index (χ1n) is 6.83. The Kier molecular flexibility index (Phi) is 4.93. The molecule has 2 aromatic rings. The second kappa shape index (κ2) is 6.89. The summed E-state index contributed by atoms with van der Waals surface area (Å²) in [6.45, 7) is 1.49. The van der Waals surface area contributed by atoms with Crippen molar-refractivity contribution in [3.8, 4) is 0 Å². The first-order valence-corrected chi connectivity index (χ1v) is 6.83. The standard InChI is InChI=1S/C16H16FNO4/c1-2-14-13(7-8-22-14)16(21)18(10-15(19)20)9-11-3-5-12(17)6-4-11/h3-8H,2,9-10H2,1H3,(H,19,20). The average Bonchev–Trinajstić information content (AvgIpc) is 2.96. The molecule has 0 aliphatic heterocycles. The summed E-state index contributed by atoms with van der Waals surface area (Å²) in [6, 6.07) is 7.12. The molecule has 1 heterocycles. The van der Waals surface area contributed by atoms with E-state index in [4.69, 9.17) is 9.52 Å². The minimum absolute atomic E-state index is 0.0831. The second-order valence-corrected chi connectivity index (χ2v) is 4.79. The van der Waals surface area contributed by atoms with Gasteiger partial charge in [-0.05, 0) is 23.8 Å². The highest BCUT2D eigenvalue weighted by molar-refractivity contribution is 5.96. The molecule has 1 amide bonds. The molecule has 5 nitrogen and oxygen atoms in total. The lowest BCUT2D eigenvalue weighted by molar-refractivity contribution is -0.137. The van der Waals surface area contributed by atoms with Crippen LogP contribution in [0.5, 0.6) is 0 Å². The van der Waals surface area contributed by atoms with Gasteiger partial charge < -0.3 is 14.4 Å². The summed E-state index contributed by atoms with van der Waals surface area (Å²) >= 11 is 0. The topological polar surface area (TPSA) is 70.8 Å². The Morgan fingerprint density at radius 2 is 1.91 bits per heavy atom. The fourth-order valence-corrected chi connectivity index (χ4v) is 2.15. The van der Waals surface area contributed by atoms with Gasteiger partial charge >= 0.3 is 5.97 Å². The van der Waals surface area contributed by atoms with Gasteiger partial charge in [0.15, 0.2) is 0 Å². The molecule has 0 aliphatic rings. The van der Waals surface area contributed by atoms with E-state index in [0.29, 0.717) is 23.3 Å². The number of hydrogen-bond acceptors (Lipinski definition) is 3. The van der Waals surface area contributed by atoms with Crippen LogP contribution in [0.1, 0.15) is 28.6 Å². The van der Waals surface area contributed by atoms with E-state index in [2.05, 4.69) is 0 Å². The second-order valence-electron chi connectivity index (χ2n) is 4.79. The highest BCUT2D eigenvalue weighted by atomic mass is 19.1. The monoisotopic (exact) mass is 305 g/mol. The van der Waals surface area contributed by atoms with Gasteiger partial charge in [0.1, 0.15) is 18.1 Å². The fourth-order valence-electron chi connectivity index (χ4n) is 2.15. The van der Waals surface area contributed by atoms with E-state index in [0.717, 1.165) is 0 Å². The summed E-state index contributed by atoms with van der Waals surface area (Å²) < 4.78 is 18.1. The summed E-state index contributed by atoms with van der Waals surface area (Å²) in [6.07, 6.45) is 1.94. The zero-order chi connectivity index (χ0) is 16.1. The minimum atomic E-state index is -1.11. The van der Waals surface area contributed by atoms with Gasteiger partial charge in [-0.3, -0.25) is 9.59 Å². The number of benzene rings is 1. The van der Waals surface area contributed by atoms with Gasteiger partial charge in [-0.15, -0.1) is 0 Å². The molecule has 0 unspecified atom stereocenters. The molecule has 0 saturated carbocycles. The molecule has 1 aromatic carbocycles. The van der Waals surface area contributed by atoms with Crippen molar-refractivity contribution in [3.63, 3.8) is 0 Å². The fraction of sp³-hybridized carbons (Fsp3) is 0.250. The zero-order valence-electron chi connectivity index (χ0n) is 12.1. The van der Waals surface area contributed by atoms with Gasteiger partial charge in [0.05, 0.1) is 11.8 Å². The SMILES string of the molecule is CCc1occc1C(=O)N(CC(=O)O)Cc1ccc(F)cc1. The Labute approximate surface area is 127 Å². The first-order chi connectivity index (χ1) is 10.5. The van der Waals surface area contributed by atoms with Crippen LogP contribution >= 0.6 is 0 Å². The van der Waals surface area contributed by atoms with Gasteiger partial charge in [-0.25, -0.2) is 4.39 Å². The van der Waals surface area contributed by atoms with E-state index >= 15 is 0 Å². The molecule has 0 radical (unpaired) electrons. The molecule has 0 atom stereocenters. The quantitative estimate of drug-likeness (QED) is 0.890. The van der Waals surface area contributed by atoms with Crippen LogP contribution in [0.15, 0.2) is 41.0 Å². The number of hydrogen-bond donors (Lipinski definition) is 1. The lowest BCUT2D eigenvalue weighted by Crippen LogP contribution is -2.35. The largest absolute Gasteiger partial charge is 0.480 e. The lowest BCUT2D eigenvalue weighted by Gasteiger charge is -2.20. The predicted octanol–water partition coefficient (Wildman–Crippen LogP) is 2.71. The van der Waals surface area contributed by atoms with Crippen LogP contribution in [0.4, 0.5) is 4.39 Å². The highest BCUT2D eigenvalue weighted by Gasteiger charge is 2.22. The molecule has 0 fully saturated rings. The van der Waals surface area contributed by atoms with Gasteiger partial charge in [0, 0.05) is 13.0 Å². The molecular formula is C16H16FNO4. The maximum absolute atomic E-state index is 12.9. The Bertz CT molecular complexity index is 663. The number of aryl methyl sites for hydroxylation is 1. The van der Waals surface area contributed by atoms with E-state index in [9.17, 15) is 14.0 Å². The third-order valence-electron chi connectivity index (χ3n) is 3.20. The third kappa shape index (κ3) is 3.72. The van der Waals surface area contributed by atoms with Gasteiger partial charge in [-0.2, -0.15) is 0 Å². The molecule has 0 spiro atoms. The van der Waals surface area contributed by atoms with E-state index in [1.54, 1.807) is 0 Å². The number of carbonyl (C=O) groups excluding carboxylic acids is 1. The zero-order valence-corrected chi connectivity index (χ0v) is 12.1. The predicted molar refractivity (Wildman–Crippen MR) is 76.9 cm³/mol. The number of rotatable bonds is 6. The van der Waals surface area contributed by atoms with Crippen molar-refractivity contribution in [2.24, 2.45) is 0 Å². The molecule has 1 N–H and O–H groups in total. The highest BCUT2D eigenvalue weighted by Crippen LogP contribution is 2.16. The molecule has 2 rings (SSSR count). The summed E-state index contributed by atoms with van der Waals surface area (Å²) in [5.74, 6) is -1.41. The molecule has 6 heteroatoms. The number of carboxylic acids is 1. The van der Waals surface area contributed by atoms with Crippen molar-refractivity contribution < 1.29 is 23.5 Å². The number of halogens is 1. The van der Waals surface area contributed by atoms with Crippen LogP contribution in [-0.2, 0) is 17.8 Å². The Balaban J connectivity index is 2.23. The van der Waals surface area contributed by atoms with Crippen LogP contribution in [0.25, 0.3) is 0 Å². The van der Waals surface area contributed by atoms with E-state index < -0.39 is 18.4 Å². The Hall–Kier alpha value is -2.63. The molecule has 0 aliphatic carbocycles. The van der Waals surface area contributed by atoms with Gasteiger partial charge in [-0.1, -0.05) is 19.1 Å².